The molecule has 1 aromatic rings. The molecule has 2 saturated heterocycles. The van der Waals surface area contributed by atoms with Crippen LogP contribution in [0, 0.1) is 0 Å². The van der Waals surface area contributed by atoms with E-state index < -0.39 is 0 Å². The van der Waals surface area contributed by atoms with Gasteiger partial charge >= 0.3 is 0 Å². The molecule has 2 N–H and O–H groups in total. The maximum atomic E-state index is 4.70. The lowest BCUT2D eigenvalue weighted by Gasteiger charge is -2.36. The summed E-state index contributed by atoms with van der Waals surface area (Å²) in [5, 5.41) is 7.09. The van der Waals surface area contributed by atoms with Crippen LogP contribution >= 0.6 is 0 Å². The van der Waals surface area contributed by atoms with Gasteiger partial charge in [0, 0.05) is 62.8 Å². The second-order valence-corrected chi connectivity index (χ2v) is 8.02. The molecule has 2 fully saturated rings. The van der Waals surface area contributed by atoms with Crippen LogP contribution in [-0.4, -0.2) is 60.4 Å². The van der Waals surface area contributed by atoms with Crippen LogP contribution in [0.1, 0.15) is 37.8 Å². The first kappa shape index (κ1) is 17.7. The predicted octanol–water partition coefficient (Wildman–Crippen LogP) is 2.26. The molecule has 1 aromatic carbocycles. The molecule has 3 aliphatic rings. The maximum absolute atomic E-state index is 4.70. The number of hydrogen-bond donors (Lipinski definition) is 2. The molecule has 0 aliphatic carbocycles. The van der Waals surface area contributed by atoms with E-state index in [4.69, 9.17) is 4.99 Å². The molecule has 0 spiro atoms. The summed E-state index contributed by atoms with van der Waals surface area (Å²) in [6, 6.07) is 10.0. The fourth-order valence-corrected chi connectivity index (χ4v) is 4.38. The van der Waals surface area contributed by atoms with E-state index in [-0.39, 0.29) is 6.17 Å². The summed E-state index contributed by atoms with van der Waals surface area (Å²) in [4.78, 5) is 9.70. The summed E-state index contributed by atoms with van der Waals surface area (Å²) >= 11 is 0. The van der Waals surface area contributed by atoms with Crippen LogP contribution < -0.4 is 10.6 Å². The number of likely N-dealkylation sites (tertiary alicyclic amines) is 1. The second kappa shape index (κ2) is 7.91. The zero-order chi connectivity index (χ0) is 17.9. The van der Waals surface area contributed by atoms with Gasteiger partial charge in [-0.1, -0.05) is 24.3 Å². The Morgan fingerprint density at radius 2 is 1.73 bits per heavy atom. The Morgan fingerprint density at radius 3 is 2.35 bits per heavy atom. The second-order valence-electron chi connectivity index (χ2n) is 8.02. The third-order valence-corrected chi connectivity index (χ3v) is 5.57. The Morgan fingerprint density at radius 1 is 1.04 bits per heavy atom. The molecule has 3 heterocycles. The molecular weight excluding hydrogens is 322 g/mol. The largest absolute Gasteiger partial charge is 0.369 e. The molecule has 4 rings (SSSR count). The van der Waals surface area contributed by atoms with E-state index >= 15 is 0 Å². The molecule has 0 saturated carbocycles. The molecule has 0 bridgehead atoms. The summed E-state index contributed by atoms with van der Waals surface area (Å²) in [5.74, 6) is 0. The molecule has 3 atom stereocenters. The minimum absolute atomic E-state index is 0.261. The molecule has 5 nitrogen and oxygen atoms in total. The van der Waals surface area contributed by atoms with Gasteiger partial charge in [0.05, 0.1) is 5.70 Å². The van der Waals surface area contributed by atoms with Crippen LogP contribution in [0.5, 0.6) is 0 Å². The van der Waals surface area contributed by atoms with E-state index in [2.05, 4.69) is 71.0 Å². The quantitative estimate of drug-likeness (QED) is 0.871. The van der Waals surface area contributed by atoms with Crippen molar-refractivity contribution in [1.82, 2.24) is 20.4 Å². The van der Waals surface area contributed by atoms with Crippen LogP contribution in [0.4, 0.5) is 0 Å². The van der Waals surface area contributed by atoms with Gasteiger partial charge in [0.25, 0.3) is 0 Å². The highest BCUT2D eigenvalue weighted by molar-refractivity contribution is 5.79. The van der Waals surface area contributed by atoms with Crippen LogP contribution in [0.15, 0.2) is 35.5 Å². The molecule has 0 radical (unpaired) electrons. The first-order valence-corrected chi connectivity index (χ1v) is 9.99. The topological polar surface area (TPSA) is 42.9 Å². The molecule has 3 unspecified atom stereocenters. The van der Waals surface area contributed by atoms with Crippen molar-refractivity contribution in [2.24, 2.45) is 4.99 Å². The summed E-state index contributed by atoms with van der Waals surface area (Å²) in [6.07, 6.45) is 6.98. The van der Waals surface area contributed by atoms with E-state index in [9.17, 15) is 0 Å². The van der Waals surface area contributed by atoms with E-state index in [1.54, 1.807) is 0 Å². The van der Waals surface area contributed by atoms with Gasteiger partial charge in [-0.3, -0.25) is 14.8 Å². The van der Waals surface area contributed by atoms with Gasteiger partial charge in [-0.15, -0.1) is 0 Å². The van der Waals surface area contributed by atoms with Crippen LogP contribution in [0.25, 0.3) is 5.70 Å². The third kappa shape index (κ3) is 4.17. The Kier molecular flexibility index (Phi) is 5.38. The standard InChI is InChI=1S/C21H31N5/c1-16-13-25(14-17(2)24-16)15-18-5-7-19(8-6-18)20-11-23-21(12-22-20)26-9-3-4-10-26/h5-8,11-12,16-17,21,23-24H,3-4,9-10,13-15H2,1-2H3. The normalized spacial score (nSPS) is 30.2. The molecule has 5 heteroatoms. The van der Waals surface area contributed by atoms with Gasteiger partial charge in [0.1, 0.15) is 6.17 Å². The number of rotatable bonds is 4. The molecule has 3 aliphatic heterocycles. The van der Waals surface area contributed by atoms with Crippen molar-refractivity contribution < 1.29 is 0 Å². The zero-order valence-electron chi connectivity index (χ0n) is 16.0. The highest BCUT2D eigenvalue weighted by Crippen LogP contribution is 2.20. The van der Waals surface area contributed by atoms with Crippen molar-refractivity contribution in [3.05, 3.63) is 41.6 Å². The van der Waals surface area contributed by atoms with Gasteiger partial charge in [-0.25, -0.2) is 0 Å². The minimum atomic E-state index is 0.261. The number of piperazine rings is 1. The summed E-state index contributed by atoms with van der Waals surface area (Å²) in [5.41, 5.74) is 3.58. The Balaban J connectivity index is 1.35. The molecule has 140 valence electrons. The van der Waals surface area contributed by atoms with Crippen LogP contribution in [0.2, 0.25) is 0 Å². The number of benzene rings is 1. The molecule has 0 aromatic heterocycles. The maximum Gasteiger partial charge on any atom is 0.116 e. The van der Waals surface area contributed by atoms with Crippen molar-refractivity contribution in [3.8, 4) is 0 Å². The van der Waals surface area contributed by atoms with Gasteiger partial charge in [0.2, 0.25) is 0 Å². The number of nitrogens with zero attached hydrogens (tertiary/aromatic N) is 3. The number of hydrogen-bond acceptors (Lipinski definition) is 5. The lowest BCUT2D eigenvalue weighted by molar-refractivity contribution is 0.166. The van der Waals surface area contributed by atoms with Gasteiger partial charge < -0.3 is 10.6 Å². The summed E-state index contributed by atoms with van der Waals surface area (Å²) < 4.78 is 0. The van der Waals surface area contributed by atoms with Crippen molar-refractivity contribution in [2.75, 3.05) is 26.2 Å². The van der Waals surface area contributed by atoms with Gasteiger partial charge in [0.15, 0.2) is 0 Å². The van der Waals surface area contributed by atoms with Crippen LogP contribution in [-0.2, 0) is 6.54 Å². The molecular formula is C21H31N5. The summed E-state index contributed by atoms with van der Waals surface area (Å²) in [7, 11) is 0. The van der Waals surface area contributed by atoms with E-state index in [0.29, 0.717) is 12.1 Å². The molecule has 0 amide bonds. The van der Waals surface area contributed by atoms with Crippen molar-refractivity contribution >= 4 is 11.9 Å². The minimum Gasteiger partial charge on any atom is -0.369 e. The number of aliphatic imine (C=N–C) groups is 1. The number of nitrogens with one attached hydrogen (secondary N) is 2. The average Bonchev–Trinajstić information content (AvgIpc) is 3.16. The van der Waals surface area contributed by atoms with E-state index in [1.165, 1.54) is 37.1 Å². The van der Waals surface area contributed by atoms with Gasteiger partial charge in [-0.2, -0.15) is 0 Å². The van der Waals surface area contributed by atoms with Gasteiger partial charge in [-0.05, 0) is 32.3 Å². The lowest BCUT2D eigenvalue weighted by Crippen LogP contribution is -2.53. The van der Waals surface area contributed by atoms with E-state index in [0.717, 1.165) is 25.3 Å². The highest BCUT2D eigenvalue weighted by Gasteiger charge is 2.22. The zero-order valence-corrected chi connectivity index (χ0v) is 16.0. The summed E-state index contributed by atoms with van der Waals surface area (Å²) in [6.45, 7) is 10.1. The van der Waals surface area contributed by atoms with Crippen LogP contribution in [0.3, 0.4) is 0 Å². The average molecular weight is 354 g/mol. The SMILES string of the molecule is CC1CN(Cc2ccc(C3=CNC(N4CCCC4)C=N3)cc2)CC(C)N1. The smallest absolute Gasteiger partial charge is 0.116 e. The first-order chi connectivity index (χ1) is 12.7. The fraction of sp³-hybridized carbons (Fsp3) is 0.571. The monoisotopic (exact) mass is 353 g/mol. The Hall–Kier alpha value is -1.69. The van der Waals surface area contributed by atoms with Crippen molar-refractivity contribution in [2.45, 2.75) is 51.5 Å². The third-order valence-electron chi connectivity index (χ3n) is 5.57. The van der Waals surface area contributed by atoms with Crippen molar-refractivity contribution in [1.29, 1.82) is 0 Å². The fourth-order valence-electron chi connectivity index (χ4n) is 4.38. The lowest BCUT2D eigenvalue weighted by atomic mass is 10.1. The first-order valence-electron chi connectivity index (χ1n) is 9.99. The Labute approximate surface area is 157 Å². The van der Waals surface area contributed by atoms with Crippen molar-refractivity contribution in [3.63, 3.8) is 0 Å². The van der Waals surface area contributed by atoms with E-state index in [1.807, 2.05) is 0 Å². The highest BCUT2D eigenvalue weighted by atomic mass is 15.3. The Bertz CT molecular complexity index is 649. The molecule has 26 heavy (non-hydrogen) atoms. The predicted molar refractivity (Wildman–Crippen MR) is 108 cm³/mol.